The highest BCUT2D eigenvalue weighted by Gasteiger charge is 2.27. The molecule has 0 aromatic heterocycles. The van der Waals surface area contributed by atoms with Gasteiger partial charge in [0, 0.05) is 6.07 Å². The molecule has 0 fully saturated rings. The summed E-state index contributed by atoms with van der Waals surface area (Å²) in [5, 5.41) is 20.0. The molecule has 2 aromatic rings. The minimum absolute atomic E-state index is 0.0733. The van der Waals surface area contributed by atoms with E-state index in [2.05, 4.69) is 0 Å². The van der Waals surface area contributed by atoms with Crippen LogP contribution in [0.2, 0.25) is 0 Å². The fourth-order valence-electron chi connectivity index (χ4n) is 2.29. The third-order valence-corrected chi connectivity index (χ3v) is 3.53. The van der Waals surface area contributed by atoms with Gasteiger partial charge in [-0.25, -0.2) is 4.79 Å². The Bertz CT molecular complexity index is 870. The van der Waals surface area contributed by atoms with Crippen LogP contribution in [0.4, 0.5) is 5.69 Å². The molecule has 0 amide bonds. The summed E-state index contributed by atoms with van der Waals surface area (Å²) in [7, 11) is 0. The second kappa shape index (κ2) is 6.88. The highest BCUT2D eigenvalue weighted by molar-refractivity contribution is 5.95. The summed E-state index contributed by atoms with van der Waals surface area (Å²) in [6.07, 6.45) is 0. The van der Waals surface area contributed by atoms with E-state index >= 15 is 0 Å². The maximum Gasteiger partial charge on any atom is 0.345 e. The lowest BCUT2D eigenvalue weighted by atomic mass is 10.1. The zero-order valence-electron chi connectivity index (χ0n) is 12.9. The minimum Gasteiger partial charge on any atom is -0.486 e. The van der Waals surface area contributed by atoms with E-state index in [9.17, 15) is 14.9 Å². The Balaban J connectivity index is 1.80. The first-order chi connectivity index (χ1) is 12.1. The van der Waals surface area contributed by atoms with Crippen molar-refractivity contribution in [3.05, 3.63) is 63.2 Å². The number of nitrogens with zero attached hydrogens (tertiary/aromatic N) is 2. The minimum atomic E-state index is -0.840. The van der Waals surface area contributed by atoms with E-state index in [1.54, 1.807) is 24.3 Å². The molecule has 0 aliphatic carbocycles. The highest BCUT2D eigenvalue weighted by Crippen LogP contribution is 2.36. The summed E-state index contributed by atoms with van der Waals surface area (Å²) in [5.41, 5.74) is 0.530. The van der Waals surface area contributed by atoms with Crippen LogP contribution in [0.5, 0.6) is 11.5 Å². The van der Waals surface area contributed by atoms with Crippen LogP contribution in [-0.4, -0.2) is 24.1 Å². The molecule has 8 nitrogen and oxygen atoms in total. The Morgan fingerprint density at radius 1 is 1.20 bits per heavy atom. The number of nitro groups is 1. The average molecular weight is 340 g/mol. The first-order valence-corrected chi connectivity index (χ1v) is 7.32. The molecule has 3 rings (SSSR count). The van der Waals surface area contributed by atoms with Gasteiger partial charge in [-0.15, -0.1) is 0 Å². The highest BCUT2D eigenvalue weighted by atomic mass is 16.6. The predicted molar refractivity (Wildman–Crippen MR) is 84.4 cm³/mol. The standard InChI is InChI=1S/C17H12N2O6/c18-9-11-1-3-12(4-2-11)10-25-17(20)13-7-15-16(24-6-5-23-15)8-14(13)19(21)22/h1-4,7-8H,5-6,10H2. The zero-order chi connectivity index (χ0) is 17.8. The molecule has 8 heteroatoms. The Hall–Kier alpha value is -3.60. The van der Waals surface area contributed by atoms with E-state index < -0.39 is 16.6 Å². The fourth-order valence-corrected chi connectivity index (χ4v) is 2.29. The molecular formula is C17H12N2O6. The molecule has 25 heavy (non-hydrogen) atoms. The number of fused-ring (bicyclic) bond motifs is 1. The van der Waals surface area contributed by atoms with Gasteiger partial charge in [0.2, 0.25) is 0 Å². The number of benzene rings is 2. The van der Waals surface area contributed by atoms with Gasteiger partial charge in [-0.1, -0.05) is 12.1 Å². The Morgan fingerprint density at radius 3 is 2.44 bits per heavy atom. The van der Waals surface area contributed by atoms with E-state index in [-0.39, 0.29) is 30.3 Å². The quantitative estimate of drug-likeness (QED) is 0.477. The monoisotopic (exact) mass is 340 g/mol. The van der Waals surface area contributed by atoms with Gasteiger partial charge in [0.25, 0.3) is 5.69 Å². The summed E-state index contributed by atoms with van der Waals surface area (Å²) in [6, 6.07) is 10.9. The summed E-state index contributed by atoms with van der Waals surface area (Å²) in [6.45, 7) is 0.507. The van der Waals surface area contributed by atoms with E-state index in [0.717, 1.165) is 6.07 Å². The number of carbonyl (C=O) groups excluding carboxylic acids is 1. The maximum absolute atomic E-state index is 12.3. The number of hydrogen-bond donors (Lipinski definition) is 0. The van der Waals surface area contributed by atoms with E-state index in [0.29, 0.717) is 17.7 Å². The van der Waals surface area contributed by atoms with Crippen LogP contribution >= 0.6 is 0 Å². The molecule has 1 heterocycles. The Labute approximate surface area is 142 Å². The lowest BCUT2D eigenvalue weighted by Gasteiger charge is -2.18. The smallest absolute Gasteiger partial charge is 0.345 e. The Morgan fingerprint density at radius 2 is 1.84 bits per heavy atom. The van der Waals surface area contributed by atoms with Crippen molar-refractivity contribution < 1.29 is 23.9 Å². The van der Waals surface area contributed by atoms with Crippen molar-refractivity contribution in [3.8, 4) is 17.6 Å². The van der Waals surface area contributed by atoms with Crippen molar-refractivity contribution in [2.45, 2.75) is 6.61 Å². The van der Waals surface area contributed by atoms with Crippen LogP contribution in [0, 0.1) is 21.4 Å². The molecule has 126 valence electrons. The summed E-state index contributed by atoms with van der Waals surface area (Å²) in [5.74, 6) is -0.350. The van der Waals surface area contributed by atoms with Crippen LogP contribution in [0.15, 0.2) is 36.4 Å². The van der Waals surface area contributed by atoms with Crippen LogP contribution < -0.4 is 9.47 Å². The largest absolute Gasteiger partial charge is 0.486 e. The molecule has 0 bridgehead atoms. The van der Waals surface area contributed by atoms with Crippen molar-refractivity contribution in [2.75, 3.05) is 13.2 Å². The van der Waals surface area contributed by atoms with Crippen molar-refractivity contribution >= 4 is 11.7 Å². The van der Waals surface area contributed by atoms with Crippen molar-refractivity contribution in [1.29, 1.82) is 5.26 Å². The molecule has 0 radical (unpaired) electrons. The lowest BCUT2D eigenvalue weighted by Crippen LogP contribution is -2.17. The molecule has 0 N–H and O–H groups in total. The zero-order valence-corrected chi connectivity index (χ0v) is 12.9. The summed E-state index contributed by atoms with van der Waals surface area (Å²) >= 11 is 0. The van der Waals surface area contributed by atoms with E-state index in [4.69, 9.17) is 19.5 Å². The summed E-state index contributed by atoms with van der Waals surface area (Å²) < 4.78 is 15.8. The Kier molecular flexibility index (Phi) is 4.48. The number of esters is 1. The van der Waals surface area contributed by atoms with Gasteiger partial charge in [0.15, 0.2) is 11.5 Å². The third-order valence-electron chi connectivity index (χ3n) is 3.53. The second-order valence-electron chi connectivity index (χ2n) is 5.15. The predicted octanol–water partition coefficient (Wildman–Crippen LogP) is 2.59. The molecule has 0 spiro atoms. The van der Waals surface area contributed by atoms with Crippen LogP contribution in [0.25, 0.3) is 0 Å². The normalized spacial score (nSPS) is 12.1. The van der Waals surface area contributed by atoms with Gasteiger partial charge in [0.1, 0.15) is 25.4 Å². The summed E-state index contributed by atoms with van der Waals surface area (Å²) in [4.78, 5) is 22.8. The van der Waals surface area contributed by atoms with Gasteiger partial charge in [-0.2, -0.15) is 5.26 Å². The van der Waals surface area contributed by atoms with Crippen molar-refractivity contribution in [1.82, 2.24) is 0 Å². The van der Waals surface area contributed by atoms with Crippen LogP contribution in [0.3, 0.4) is 0 Å². The van der Waals surface area contributed by atoms with Gasteiger partial charge >= 0.3 is 5.97 Å². The molecule has 1 aliphatic rings. The van der Waals surface area contributed by atoms with Crippen molar-refractivity contribution in [2.24, 2.45) is 0 Å². The number of rotatable bonds is 4. The molecular weight excluding hydrogens is 328 g/mol. The molecule has 0 atom stereocenters. The molecule has 2 aromatic carbocycles. The van der Waals surface area contributed by atoms with E-state index in [1.165, 1.54) is 6.07 Å². The molecule has 0 unspecified atom stereocenters. The van der Waals surface area contributed by atoms with Crippen LogP contribution in [-0.2, 0) is 11.3 Å². The van der Waals surface area contributed by atoms with Crippen molar-refractivity contribution in [3.63, 3.8) is 0 Å². The molecule has 1 aliphatic heterocycles. The van der Waals surface area contributed by atoms with Gasteiger partial charge in [-0.3, -0.25) is 10.1 Å². The second-order valence-corrected chi connectivity index (χ2v) is 5.15. The number of nitriles is 1. The number of hydrogen-bond acceptors (Lipinski definition) is 7. The molecule has 0 saturated carbocycles. The first-order valence-electron chi connectivity index (χ1n) is 7.32. The first kappa shape index (κ1) is 16.3. The van der Waals surface area contributed by atoms with Gasteiger partial charge in [0.05, 0.1) is 22.6 Å². The number of nitro benzene ring substituents is 1. The maximum atomic E-state index is 12.3. The SMILES string of the molecule is N#Cc1ccc(COC(=O)c2cc3c(cc2[N+](=O)[O-])OCCO3)cc1. The van der Waals surface area contributed by atoms with E-state index in [1.807, 2.05) is 6.07 Å². The average Bonchev–Trinajstić information content (AvgIpc) is 2.65. The van der Waals surface area contributed by atoms with Gasteiger partial charge < -0.3 is 14.2 Å². The fraction of sp³-hybridized carbons (Fsp3) is 0.176. The number of ether oxygens (including phenoxy) is 3. The lowest BCUT2D eigenvalue weighted by molar-refractivity contribution is -0.385. The van der Waals surface area contributed by atoms with Gasteiger partial charge in [-0.05, 0) is 17.7 Å². The molecule has 0 saturated heterocycles. The topological polar surface area (TPSA) is 112 Å². The van der Waals surface area contributed by atoms with Crippen LogP contribution in [0.1, 0.15) is 21.5 Å². The number of carbonyl (C=O) groups is 1. The third kappa shape index (κ3) is 3.50.